The van der Waals surface area contributed by atoms with E-state index in [4.69, 9.17) is 0 Å². The van der Waals surface area contributed by atoms with Gasteiger partial charge in [0.05, 0.1) is 18.5 Å². The summed E-state index contributed by atoms with van der Waals surface area (Å²) in [6.07, 6.45) is 1.18. The average molecular weight is 326 g/mol. The van der Waals surface area contributed by atoms with Gasteiger partial charge in [0.2, 0.25) is 15.9 Å². The molecule has 0 saturated carbocycles. The maximum Gasteiger partial charge on any atom is 0.232 e. The summed E-state index contributed by atoms with van der Waals surface area (Å²) in [5, 5.41) is 2.79. The molecule has 1 aromatic carbocycles. The Morgan fingerprint density at radius 2 is 1.68 bits per heavy atom. The smallest absolute Gasteiger partial charge is 0.232 e. The van der Waals surface area contributed by atoms with Crippen molar-refractivity contribution in [1.82, 2.24) is 5.32 Å². The lowest BCUT2D eigenvalue weighted by Gasteiger charge is -2.27. The highest BCUT2D eigenvalue weighted by atomic mass is 32.2. The Morgan fingerprint density at radius 1 is 1.18 bits per heavy atom. The van der Waals surface area contributed by atoms with Crippen molar-refractivity contribution in [3.8, 4) is 0 Å². The van der Waals surface area contributed by atoms with Crippen molar-refractivity contribution in [2.24, 2.45) is 5.41 Å². The molecule has 1 amide bonds. The molecule has 0 atom stereocenters. The molecule has 0 spiro atoms. The van der Waals surface area contributed by atoms with Crippen molar-refractivity contribution in [1.29, 1.82) is 0 Å². The molecule has 124 valence electrons. The zero-order valence-electron chi connectivity index (χ0n) is 14.2. The lowest BCUT2D eigenvalue weighted by molar-refractivity contribution is -0.128. The Labute approximate surface area is 133 Å². The Balaban J connectivity index is 2.96. The van der Waals surface area contributed by atoms with Crippen LogP contribution in [0.1, 0.15) is 31.9 Å². The molecule has 0 heterocycles. The lowest BCUT2D eigenvalue weighted by atomic mass is 9.96. The van der Waals surface area contributed by atoms with Gasteiger partial charge in [0, 0.05) is 12.0 Å². The first-order valence-electron chi connectivity index (χ1n) is 7.27. The summed E-state index contributed by atoms with van der Waals surface area (Å²) in [4.78, 5) is 11.9. The van der Waals surface area contributed by atoms with Gasteiger partial charge >= 0.3 is 0 Å². The number of hydrogen-bond donors (Lipinski definition) is 1. The van der Waals surface area contributed by atoms with Gasteiger partial charge in [-0.3, -0.25) is 9.10 Å². The highest BCUT2D eigenvalue weighted by molar-refractivity contribution is 7.92. The molecular formula is C16H26N2O3S. The van der Waals surface area contributed by atoms with Crippen molar-refractivity contribution in [2.45, 2.75) is 34.6 Å². The third-order valence-corrected chi connectivity index (χ3v) is 4.54. The number of sulfonamides is 1. The van der Waals surface area contributed by atoms with Gasteiger partial charge in [-0.1, -0.05) is 39.0 Å². The first-order chi connectivity index (χ1) is 9.94. The van der Waals surface area contributed by atoms with Gasteiger partial charge in [-0.15, -0.1) is 0 Å². The summed E-state index contributed by atoms with van der Waals surface area (Å²) in [6.45, 7) is 9.72. The number of rotatable bonds is 5. The Morgan fingerprint density at radius 3 is 2.09 bits per heavy atom. The lowest BCUT2D eigenvalue weighted by Crippen LogP contribution is -2.42. The molecule has 1 rings (SSSR count). The summed E-state index contributed by atoms with van der Waals surface area (Å²) >= 11 is 0. The SMILES string of the molecule is Cc1cccc(C)c1N(CCNC(=O)C(C)(C)C)S(C)(=O)=O. The van der Waals surface area contributed by atoms with Crippen molar-refractivity contribution >= 4 is 21.6 Å². The quantitative estimate of drug-likeness (QED) is 0.902. The van der Waals surface area contributed by atoms with Crippen LogP contribution >= 0.6 is 0 Å². The number of carbonyl (C=O) groups is 1. The number of anilines is 1. The molecule has 0 aliphatic heterocycles. The largest absolute Gasteiger partial charge is 0.354 e. The molecule has 5 nitrogen and oxygen atoms in total. The van der Waals surface area contributed by atoms with Gasteiger partial charge in [0.15, 0.2) is 0 Å². The van der Waals surface area contributed by atoms with Crippen LogP contribution in [0.4, 0.5) is 5.69 Å². The molecule has 22 heavy (non-hydrogen) atoms. The minimum Gasteiger partial charge on any atom is -0.354 e. The molecule has 0 fully saturated rings. The monoisotopic (exact) mass is 326 g/mol. The summed E-state index contributed by atoms with van der Waals surface area (Å²) in [6, 6.07) is 5.67. The zero-order valence-corrected chi connectivity index (χ0v) is 15.0. The first-order valence-corrected chi connectivity index (χ1v) is 9.11. The zero-order chi connectivity index (χ0) is 17.1. The molecule has 0 saturated heterocycles. The molecule has 0 radical (unpaired) electrons. The van der Waals surface area contributed by atoms with Crippen LogP contribution in [-0.4, -0.2) is 33.7 Å². The van der Waals surface area contributed by atoms with Gasteiger partial charge in [0.25, 0.3) is 0 Å². The molecule has 1 N–H and O–H groups in total. The topological polar surface area (TPSA) is 66.5 Å². The van der Waals surface area contributed by atoms with E-state index in [1.807, 2.05) is 52.8 Å². The molecule has 0 aliphatic carbocycles. The minimum atomic E-state index is -3.41. The number of aryl methyl sites for hydroxylation is 2. The number of carbonyl (C=O) groups excluding carboxylic acids is 1. The van der Waals surface area contributed by atoms with Gasteiger partial charge in [-0.25, -0.2) is 8.42 Å². The van der Waals surface area contributed by atoms with Crippen molar-refractivity contribution in [2.75, 3.05) is 23.7 Å². The van der Waals surface area contributed by atoms with Crippen LogP contribution in [0.2, 0.25) is 0 Å². The van der Waals surface area contributed by atoms with Crippen LogP contribution in [-0.2, 0) is 14.8 Å². The van der Waals surface area contributed by atoms with E-state index in [1.54, 1.807) is 0 Å². The first kappa shape index (κ1) is 18.5. The second-order valence-electron chi connectivity index (χ2n) is 6.58. The van der Waals surface area contributed by atoms with E-state index in [0.717, 1.165) is 11.1 Å². The fourth-order valence-corrected chi connectivity index (χ4v) is 3.22. The molecule has 6 heteroatoms. The van der Waals surface area contributed by atoms with E-state index in [2.05, 4.69) is 5.32 Å². The summed E-state index contributed by atoms with van der Waals surface area (Å²) in [5.74, 6) is -0.0949. The number of amides is 1. The third kappa shape index (κ3) is 4.73. The minimum absolute atomic E-state index is 0.0949. The number of para-hydroxylation sites is 1. The fourth-order valence-electron chi connectivity index (χ4n) is 2.18. The number of benzene rings is 1. The molecule has 0 aromatic heterocycles. The normalized spacial score (nSPS) is 12.1. The van der Waals surface area contributed by atoms with Crippen LogP contribution < -0.4 is 9.62 Å². The third-order valence-electron chi connectivity index (χ3n) is 3.37. The standard InChI is InChI=1S/C16H26N2O3S/c1-12-8-7-9-13(2)14(12)18(22(6,20)21)11-10-17-15(19)16(3,4)5/h7-9H,10-11H2,1-6H3,(H,17,19). The molecular weight excluding hydrogens is 300 g/mol. The van der Waals surface area contributed by atoms with E-state index in [1.165, 1.54) is 10.6 Å². The van der Waals surface area contributed by atoms with E-state index < -0.39 is 15.4 Å². The predicted molar refractivity (Wildman–Crippen MR) is 90.6 cm³/mol. The number of nitrogens with one attached hydrogen (secondary N) is 1. The van der Waals surface area contributed by atoms with Crippen molar-refractivity contribution in [3.05, 3.63) is 29.3 Å². The molecule has 0 unspecified atom stereocenters. The Hall–Kier alpha value is -1.56. The average Bonchev–Trinajstić information content (AvgIpc) is 2.33. The van der Waals surface area contributed by atoms with E-state index in [-0.39, 0.29) is 19.0 Å². The second-order valence-corrected chi connectivity index (χ2v) is 8.49. The van der Waals surface area contributed by atoms with Crippen molar-refractivity contribution in [3.63, 3.8) is 0 Å². The van der Waals surface area contributed by atoms with Crippen LogP contribution in [0.3, 0.4) is 0 Å². The molecule has 0 bridgehead atoms. The maximum absolute atomic E-state index is 12.1. The van der Waals surface area contributed by atoms with Gasteiger partial charge in [-0.05, 0) is 25.0 Å². The van der Waals surface area contributed by atoms with E-state index in [9.17, 15) is 13.2 Å². The Bertz CT molecular complexity index is 626. The second kappa shape index (κ2) is 6.69. The summed E-state index contributed by atoms with van der Waals surface area (Å²) in [7, 11) is -3.41. The summed E-state index contributed by atoms with van der Waals surface area (Å²) < 4.78 is 25.6. The fraction of sp³-hybridized carbons (Fsp3) is 0.562. The van der Waals surface area contributed by atoms with Crippen LogP contribution in [0.15, 0.2) is 18.2 Å². The highest BCUT2D eigenvalue weighted by Gasteiger charge is 2.23. The number of hydrogen-bond acceptors (Lipinski definition) is 3. The molecule has 0 aliphatic rings. The van der Waals surface area contributed by atoms with Crippen molar-refractivity contribution < 1.29 is 13.2 Å². The van der Waals surface area contributed by atoms with Gasteiger partial charge in [0.1, 0.15) is 0 Å². The maximum atomic E-state index is 12.1. The predicted octanol–water partition coefficient (Wildman–Crippen LogP) is 2.23. The van der Waals surface area contributed by atoms with E-state index >= 15 is 0 Å². The van der Waals surface area contributed by atoms with Crippen LogP contribution in [0.25, 0.3) is 0 Å². The number of nitrogens with zero attached hydrogens (tertiary/aromatic N) is 1. The van der Waals surface area contributed by atoms with E-state index in [0.29, 0.717) is 5.69 Å². The van der Waals surface area contributed by atoms with Crippen LogP contribution in [0.5, 0.6) is 0 Å². The van der Waals surface area contributed by atoms with Crippen LogP contribution in [0, 0.1) is 19.3 Å². The highest BCUT2D eigenvalue weighted by Crippen LogP contribution is 2.26. The molecule has 1 aromatic rings. The summed E-state index contributed by atoms with van der Waals surface area (Å²) in [5.41, 5.74) is 1.99. The van der Waals surface area contributed by atoms with Gasteiger partial charge < -0.3 is 5.32 Å². The Kier molecular flexibility index (Phi) is 5.62. The van der Waals surface area contributed by atoms with Gasteiger partial charge in [-0.2, -0.15) is 0 Å².